The number of likely N-dealkylation sites (N-methyl/N-ethyl adjacent to an activating group) is 1. The van der Waals surface area contributed by atoms with Gasteiger partial charge < -0.3 is 10.6 Å². The Bertz CT molecular complexity index is 297. The lowest BCUT2D eigenvalue weighted by Crippen LogP contribution is -2.43. The van der Waals surface area contributed by atoms with Crippen molar-refractivity contribution >= 4 is 24.3 Å². The van der Waals surface area contributed by atoms with Crippen molar-refractivity contribution in [2.75, 3.05) is 39.8 Å². The number of amides is 3. The summed E-state index contributed by atoms with van der Waals surface area (Å²) in [7, 11) is 1.95. The van der Waals surface area contributed by atoms with E-state index in [1.807, 2.05) is 7.05 Å². The first-order valence-electron chi connectivity index (χ1n) is 6.19. The number of urea groups is 1. The predicted molar refractivity (Wildman–Crippen MR) is 70.9 cm³/mol. The zero-order chi connectivity index (χ0) is 12.3. The Labute approximate surface area is 113 Å². The first-order valence-corrected chi connectivity index (χ1v) is 6.19. The highest BCUT2D eigenvalue weighted by atomic mass is 35.5. The zero-order valence-corrected chi connectivity index (χ0v) is 11.5. The molecular formula is C11H21ClN4O2. The zero-order valence-electron chi connectivity index (χ0n) is 10.6. The molecule has 2 heterocycles. The molecule has 7 heteroatoms. The molecule has 0 aliphatic carbocycles. The number of hydrogen-bond donors (Lipinski definition) is 2. The van der Waals surface area contributed by atoms with Crippen LogP contribution in [0.15, 0.2) is 0 Å². The molecule has 2 saturated heterocycles. The fraction of sp³-hybridized carbons (Fsp3) is 0.818. The lowest BCUT2D eigenvalue weighted by atomic mass is 10.2. The van der Waals surface area contributed by atoms with Crippen LogP contribution in [0, 0.1) is 0 Å². The van der Waals surface area contributed by atoms with E-state index in [2.05, 4.69) is 15.5 Å². The number of likely N-dealkylation sites (tertiary alicyclic amines) is 1. The van der Waals surface area contributed by atoms with Crippen molar-refractivity contribution in [1.29, 1.82) is 0 Å². The number of rotatable bonds is 5. The van der Waals surface area contributed by atoms with Crippen molar-refractivity contribution in [3.63, 3.8) is 0 Å². The molecule has 2 N–H and O–H groups in total. The van der Waals surface area contributed by atoms with Crippen LogP contribution in [0.5, 0.6) is 0 Å². The molecule has 0 bridgehead atoms. The number of carbonyl (C=O) groups is 2. The number of hydrogen-bond acceptors (Lipinski definition) is 4. The lowest BCUT2D eigenvalue weighted by Gasteiger charge is -2.25. The van der Waals surface area contributed by atoms with Gasteiger partial charge in [0, 0.05) is 25.7 Å². The molecule has 2 rings (SSSR count). The Morgan fingerprint density at radius 1 is 1.39 bits per heavy atom. The number of nitrogens with zero attached hydrogens (tertiary/aromatic N) is 2. The van der Waals surface area contributed by atoms with Crippen molar-refractivity contribution in [1.82, 2.24) is 20.4 Å². The largest absolute Gasteiger partial charge is 0.329 e. The normalized spacial score (nSPS) is 24.3. The third kappa shape index (κ3) is 3.34. The first-order chi connectivity index (χ1) is 8.22. The van der Waals surface area contributed by atoms with Crippen molar-refractivity contribution in [3.05, 3.63) is 0 Å². The molecule has 2 aliphatic rings. The number of imide groups is 1. The van der Waals surface area contributed by atoms with E-state index in [0.717, 1.165) is 19.6 Å². The van der Waals surface area contributed by atoms with E-state index in [0.29, 0.717) is 12.6 Å². The molecule has 0 aromatic carbocycles. The summed E-state index contributed by atoms with van der Waals surface area (Å²) in [4.78, 5) is 26.4. The second kappa shape index (κ2) is 6.92. The highest BCUT2D eigenvalue weighted by Gasteiger charge is 2.30. The SMILES string of the molecule is CNCC1CCCN1CCN1C(=O)CNC1=O.Cl. The number of carbonyl (C=O) groups excluding carboxylic acids is 2. The minimum Gasteiger partial charge on any atom is -0.329 e. The summed E-state index contributed by atoms with van der Waals surface area (Å²) in [5.74, 6) is -0.112. The lowest BCUT2D eigenvalue weighted by molar-refractivity contribution is -0.125. The Balaban J connectivity index is 0.00000162. The van der Waals surface area contributed by atoms with Gasteiger partial charge in [-0.05, 0) is 26.4 Å². The topological polar surface area (TPSA) is 64.7 Å². The van der Waals surface area contributed by atoms with Gasteiger partial charge in [-0.3, -0.25) is 14.6 Å². The van der Waals surface area contributed by atoms with Gasteiger partial charge in [-0.1, -0.05) is 0 Å². The van der Waals surface area contributed by atoms with Crippen LogP contribution in [0.4, 0.5) is 4.79 Å². The molecule has 0 spiro atoms. The fourth-order valence-electron chi connectivity index (χ4n) is 2.57. The molecule has 104 valence electrons. The van der Waals surface area contributed by atoms with Gasteiger partial charge in [0.2, 0.25) is 5.91 Å². The standard InChI is InChI=1S/C11H20N4O2.ClH/c1-12-7-9-3-2-4-14(9)5-6-15-10(16)8-13-11(15)17;/h9,12H,2-8H2,1H3,(H,13,17);1H. The fourth-order valence-corrected chi connectivity index (χ4v) is 2.57. The van der Waals surface area contributed by atoms with E-state index >= 15 is 0 Å². The third-order valence-corrected chi connectivity index (χ3v) is 3.49. The van der Waals surface area contributed by atoms with E-state index in [4.69, 9.17) is 0 Å². The van der Waals surface area contributed by atoms with Gasteiger partial charge in [-0.15, -0.1) is 12.4 Å². The predicted octanol–water partition coefficient (Wildman–Crippen LogP) is -0.356. The van der Waals surface area contributed by atoms with Crippen LogP contribution in [0.1, 0.15) is 12.8 Å². The molecule has 18 heavy (non-hydrogen) atoms. The minimum atomic E-state index is -0.251. The van der Waals surface area contributed by atoms with Crippen LogP contribution in [0.3, 0.4) is 0 Å². The van der Waals surface area contributed by atoms with Crippen LogP contribution >= 0.6 is 12.4 Å². The van der Waals surface area contributed by atoms with Crippen molar-refractivity contribution < 1.29 is 9.59 Å². The van der Waals surface area contributed by atoms with Crippen LogP contribution in [-0.4, -0.2) is 67.6 Å². The van der Waals surface area contributed by atoms with Crippen LogP contribution in [0.25, 0.3) is 0 Å². The van der Waals surface area contributed by atoms with E-state index < -0.39 is 0 Å². The summed E-state index contributed by atoms with van der Waals surface area (Å²) in [6, 6.07) is 0.292. The van der Waals surface area contributed by atoms with E-state index in [9.17, 15) is 9.59 Å². The maximum absolute atomic E-state index is 11.4. The summed E-state index contributed by atoms with van der Waals surface area (Å²) in [6.45, 7) is 3.48. The molecule has 2 fully saturated rings. The van der Waals surface area contributed by atoms with Crippen LogP contribution in [0.2, 0.25) is 0 Å². The van der Waals surface area contributed by atoms with E-state index in [1.54, 1.807) is 0 Å². The Hall–Kier alpha value is -0.850. The quantitative estimate of drug-likeness (QED) is 0.674. The van der Waals surface area contributed by atoms with E-state index in [-0.39, 0.29) is 30.9 Å². The molecule has 3 amide bonds. The maximum Gasteiger partial charge on any atom is 0.324 e. The van der Waals surface area contributed by atoms with Gasteiger partial charge in [-0.25, -0.2) is 4.79 Å². The van der Waals surface area contributed by atoms with Gasteiger partial charge in [0.1, 0.15) is 0 Å². The molecule has 0 aromatic heterocycles. The van der Waals surface area contributed by atoms with Gasteiger partial charge in [0.15, 0.2) is 0 Å². The third-order valence-electron chi connectivity index (χ3n) is 3.49. The molecular weight excluding hydrogens is 256 g/mol. The Kier molecular flexibility index (Phi) is 5.84. The van der Waals surface area contributed by atoms with E-state index in [1.165, 1.54) is 17.7 Å². The summed E-state index contributed by atoms with van der Waals surface area (Å²) >= 11 is 0. The first kappa shape index (κ1) is 15.2. The molecule has 1 atom stereocenters. The average molecular weight is 277 g/mol. The Morgan fingerprint density at radius 2 is 2.17 bits per heavy atom. The van der Waals surface area contributed by atoms with Crippen molar-refractivity contribution in [3.8, 4) is 0 Å². The number of nitrogens with one attached hydrogen (secondary N) is 2. The van der Waals surface area contributed by atoms with Crippen LogP contribution in [-0.2, 0) is 4.79 Å². The highest BCUT2D eigenvalue weighted by Crippen LogP contribution is 2.16. The Morgan fingerprint density at radius 3 is 2.78 bits per heavy atom. The molecule has 2 aliphatic heterocycles. The molecule has 6 nitrogen and oxygen atoms in total. The molecule has 0 aromatic rings. The summed E-state index contributed by atoms with van der Waals surface area (Å²) in [5.41, 5.74) is 0. The average Bonchev–Trinajstić information content (AvgIpc) is 2.86. The summed E-state index contributed by atoms with van der Waals surface area (Å²) in [5, 5.41) is 5.72. The summed E-state index contributed by atoms with van der Waals surface area (Å²) in [6.07, 6.45) is 2.40. The molecule has 0 radical (unpaired) electrons. The van der Waals surface area contributed by atoms with Crippen molar-refractivity contribution in [2.24, 2.45) is 0 Å². The van der Waals surface area contributed by atoms with Gasteiger partial charge in [0.25, 0.3) is 0 Å². The molecule has 1 unspecified atom stereocenters. The van der Waals surface area contributed by atoms with Gasteiger partial charge in [0.05, 0.1) is 6.54 Å². The highest BCUT2D eigenvalue weighted by molar-refractivity contribution is 6.01. The second-order valence-corrected chi connectivity index (χ2v) is 4.59. The van der Waals surface area contributed by atoms with Gasteiger partial charge in [-0.2, -0.15) is 0 Å². The van der Waals surface area contributed by atoms with Gasteiger partial charge >= 0.3 is 6.03 Å². The number of halogens is 1. The monoisotopic (exact) mass is 276 g/mol. The van der Waals surface area contributed by atoms with Crippen molar-refractivity contribution in [2.45, 2.75) is 18.9 Å². The smallest absolute Gasteiger partial charge is 0.324 e. The minimum absolute atomic E-state index is 0. The second-order valence-electron chi connectivity index (χ2n) is 4.59. The summed E-state index contributed by atoms with van der Waals surface area (Å²) < 4.78 is 0. The molecule has 0 saturated carbocycles. The maximum atomic E-state index is 11.4. The van der Waals surface area contributed by atoms with Crippen LogP contribution < -0.4 is 10.6 Å².